The van der Waals surface area contributed by atoms with Gasteiger partial charge in [-0.05, 0) is 30.7 Å². The van der Waals surface area contributed by atoms with Crippen LogP contribution in [-0.2, 0) is 0 Å². The second kappa shape index (κ2) is 9.46. The lowest BCUT2D eigenvalue weighted by Crippen LogP contribution is -2.48. The van der Waals surface area contributed by atoms with Gasteiger partial charge in [0.1, 0.15) is 0 Å². The van der Waals surface area contributed by atoms with E-state index < -0.39 is 0 Å². The standard InChI is InChI=1S/C27H29N5O/c1-20-10-11-22-8-5-9-25(26(22)30-20)32-16-14-31(15-17-32)13-12-28-27(33)23-18-24(29-19-23)21-6-3-2-4-7-21/h2-11,18-19,29H,12-17H2,1H3,(H,28,33). The predicted molar refractivity (Wildman–Crippen MR) is 134 cm³/mol. The number of fused-ring (bicyclic) bond motifs is 1. The molecule has 1 fully saturated rings. The summed E-state index contributed by atoms with van der Waals surface area (Å²) in [5, 5.41) is 4.24. The Kier molecular flexibility index (Phi) is 6.09. The van der Waals surface area contributed by atoms with Crippen LogP contribution in [0.5, 0.6) is 0 Å². The van der Waals surface area contributed by atoms with Crippen molar-refractivity contribution >= 4 is 22.5 Å². The van der Waals surface area contributed by atoms with Crippen LogP contribution in [-0.4, -0.2) is 60.0 Å². The van der Waals surface area contributed by atoms with E-state index in [1.54, 1.807) is 6.20 Å². The molecule has 0 spiro atoms. The van der Waals surface area contributed by atoms with E-state index in [1.165, 1.54) is 11.1 Å². The molecule has 2 aromatic heterocycles. The quantitative estimate of drug-likeness (QED) is 0.475. The summed E-state index contributed by atoms with van der Waals surface area (Å²) in [6, 6.07) is 22.6. The lowest BCUT2D eigenvalue weighted by molar-refractivity contribution is 0.0948. The van der Waals surface area contributed by atoms with E-state index in [9.17, 15) is 4.79 Å². The predicted octanol–water partition coefficient (Wildman–Crippen LogP) is 4.09. The summed E-state index contributed by atoms with van der Waals surface area (Å²) in [5.41, 5.74) is 6.03. The number of hydrogen-bond acceptors (Lipinski definition) is 4. The number of H-pyrrole nitrogens is 1. The van der Waals surface area contributed by atoms with Gasteiger partial charge in [0.15, 0.2) is 0 Å². The maximum absolute atomic E-state index is 12.6. The van der Waals surface area contributed by atoms with Crippen molar-refractivity contribution in [1.82, 2.24) is 20.2 Å². The molecule has 6 heteroatoms. The third-order valence-corrected chi connectivity index (χ3v) is 6.29. The number of anilines is 1. The zero-order valence-corrected chi connectivity index (χ0v) is 18.9. The molecule has 1 aliphatic rings. The highest BCUT2D eigenvalue weighted by atomic mass is 16.1. The number of aromatic nitrogens is 2. The largest absolute Gasteiger partial charge is 0.367 e. The molecule has 0 unspecified atom stereocenters. The Morgan fingerprint density at radius 1 is 1.00 bits per heavy atom. The Morgan fingerprint density at radius 3 is 2.64 bits per heavy atom. The van der Waals surface area contributed by atoms with Gasteiger partial charge in [0.05, 0.1) is 16.8 Å². The number of aryl methyl sites for hydroxylation is 1. The molecular weight excluding hydrogens is 410 g/mol. The number of piperazine rings is 1. The van der Waals surface area contributed by atoms with Crippen molar-refractivity contribution in [2.45, 2.75) is 6.92 Å². The number of hydrogen-bond donors (Lipinski definition) is 2. The minimum atomic E-state index is -0.0377. The zero-order chi connectivity index (χ0) is 22.6. The summed E-state index contributed by atoms with van der Waals surface area (Å²) in [6.07, 6.45) is 1.77. The van der Waals surface area contributed by atoms with Crippen LogP contribution >= 0.6 is 0 Å². The van der Waals surface area contributed by atoms with Crippen LogP contribution in [0.3, 0.4) is 0 Å². The molecule has 2 aromatic carbocycles. The first-order chi connectivity index (χ1) is 16.2. The highest BCUT2D eigenvalue weighted by Gasteiger charge is 2.19. The Balaban J connectivity index is 1.12. The van der Waals surface area contributed by atoms with E-state index in [0.29, 0.717) is 12.1 Å². The maximum atomic E-state index is 12.6. The second-order valence-electron chi connectivity index (χ2n) is 8.55. The van der Waals surface area contributed by atoms with E-state index in [4.69, 9.17) is 4.98 Å². The topological polar surface area (TPSA) is 64.3 Å². The molecule has 0 saturated carbocycles. The molecule has 0 aliphatic carbocycles. The van der Waals surface area contributed by atoms with Crippen molar-refractivity contribution in [1.29, 1.82) is 0 Å². The van der Waals surface area contributed by atoms with Gasteiger partial charge in [0.2, 0.25) is 0 Å². The molecule has 3 heterocycles. The third-order valence-electron chi connectivity index (χ3n) is 6.29. The second-order valence-corrected chi connectivity index (χ2v) is 8.55. The van der Waals surface area contributed by atoms with Gasteiger partial charge in [-0.25, -0.2) is 0 Å². The van der Waals surface area contributed by atoms with Gasteiger partial charge in [-0.1, -0.05) is 48.5 Å². The molecule has 0 bridgehead atoms. The van der Waals surface area contributed by atoms with Crippen LogP contribution in [0, 0.1) is 6.92 Å². The van der Waals surface area contributed by atoms with Crippen LogP contribution in [0.4, 0.5) is 5.69 Å². The Labute approximate surface area is 194 Å². The van der Waals surface area contributed by atoms with E-state index in [2.05, 4.69) is 50.4 Å². The van der Waals surface area contributed by atoms with Crippen LogP contribution in [0.15, 0.2) is 72.9 Å². The fourth-order valence-corrected chi connectivity index (χ4v) is 4.44. The Bertz CT molecular complexity index is 1240. The van der Waals surface area contributed by atoms with Gasteiger partial charge >= 0.3 is 0 Å². The molecule has 4 aromatic rings. The first kappa shape index (κ1) is 21.2. The number of carbonyl (C=O) groups is 1. The number of pyridine rings is 1. The van der Waals surface area contributed by atoms with E-state index in [1.807, 2.05) is 43.3 Å². The van der Waals surface area contributed by atoms with E-state index >= 15 is 0 Å². The van der Waals surface area contributed by atoms with E-state index in [0.717, 1.165) is 55.2 Å². The number of carbonyl (C=O) groups excluding carboxylic acids is 1. The molecule has 0 atom stereocenters. The number of nitrogens with one attached hydrogen (secondary N) is 2. The third kappa shape index (κ3) is 4.76. The summed E-state index contributed by atoms with van der Waals surface area (Å²) >= 11 is 0. The normalized spacial score (nSPS) is 14.5. The molecule has 5 rings (SSSR count). The highest BCUT2D eigenvalue weighted by Crippen LogP contribution is 2.26. The zero-order valence-electron chi connectivity index (χ0n) is 18.9. The average molecular weight is 440 g/mol. The molecule has 1 saturated heterocycles. The van der Waals surface area contributed by atoms with Gasteiger partial charge in [-0.3, -0.25) is 14.7 Å². The van der Waals surface area contributed by atoms with E-state index in [-0.39, 0.29) is 5.91 Å². The summed E-state index contributed by atoms with van der Waals surface area (Å²) in [5.74, 6) is -0.0377. The highest BCUT2D eigenvalue weighted by molar-refractivity contribution is 5.95. The molecule has 168 valence electrons. The van der Waals surface area contributed by atoms with Crippen molar-refractivity contribution in [2.75, 3.05) is 44.2 Å². The van der Waals surface area contributed by atoms with Crippen molar-refractivity contribution in [3.8, 4) is 11.3 Å². The number of nitrogens with zero attached hydrogens (tertiary/aromatic N) is 3. The summed E-state index contributed by atoms with van der Waals surface area (Å²) in [7, 11) is 0. The van der Waals surface area contributed by atoms with Crippen molar-refractivity contribution in [3.63, 3.8) is 0 Å². The fourth-order valence-electron chi connectivity index (χ4n) is 4.44. The number of para-hydroxylation sites is 1. The fraction of sp³-hybridized carbons (Fsp3) is 0.259. The number of aromatic amines is 1. The monoisotopic (exact) mass is 439 g/mol. The summed E-state index contributed by atoms with van der Waals surface area (Å²) in [6.45, 7) is 7.39. The number of amides is 1. The molecule has 2 N–H and O–H groups in total. The molecule has 1 aliphatic heterocycles. The first-order valence-corrected chi connectivity index (χ1v) is 11.5. The van der Waals surface area contributed by atoms with Crippen molar-refractivity contribution in [2.24, 2.45) is 0 Å². The Hall–Kier alpha value is -3.64. The van der Waals surface area contributed by atoms with Crippen LogP contribution in [0.25, 0.3) is 22.2 Å². The SMILES string of the molecule is Cc1ccc2cccc(N3CCN(CCNC(=O)c4c[nH]c(-c5ccccc5)c4)CC3)c2n1. The van der Waals surface area contributed by atoms with Crippen LogP contribution in [0.1, 0.15) is 16.1 Å². The van der Waals surface area contributed by atoms with Gasteiger partial charge in [0, 0.05) is 62.2 Å². The van der Waals surface area contributed by atoms with Crippen LogP contribution in [0.2, 0.25) is 0 Å². The smallest absolute Gasteiger partial charge is 0.252 e. The minimum absolute atomic E-state index is 0.0377. The number of benzene rings is 2. The Morgan fingerprint density at radius 2 is 1.82 bits per heavy atom. The summed E-state index contributed by atoms with van der Waals surface area (Å²) < 4.78 is 0. The summed E-state index contributed by atoms with van der Waals surface area (Å²) in [4.78, 5) is 25.4. The van der Waals surface area contributed by atoms with Gasteiger partial charge in [-0.2, -0.15) is 0 Å². The molecule has 0 radical (unpaired) electrons. The first-order valence-electron chi connectivity index (χ1n) is 11.5. The lowest BCUT2D eigenvalue weighted by atomic mass is 10.1. The maximum Gasteiger partial charge on any atom is 0.252 e. The van der Waals surface area contributed by atoms with Crippen molar-refractivity contribution in [3.05, 3.63) is 84.2 Å². The van der Waals surface area contributed by atoms with Crippen LogP contribution < -0.4 is 10.2 Å². The average Bonchev–Trinajstić information content (AvgIpc) is 3.35. The van der Waals surface area contributed by atoms with Gasteiger partial charge in [-0.15, -0.1) is 0 Å². The molecular formula is C27H29N5O. The van der Waals surface area contributed by atoms with Gasteiger partial charge < -0.3 is 15.2 Å². The molecule has 1 amide bonds. The molecule has 33 heavy (non-hydrogen) atoms. The van der Waals surface area contributed by atoms with Gasteiger partial charge in [0.25, 0.3) is 5.91 Å². The van der Waals surface area contributed by atoms with Crippen molar-refractivity contribution < 1.29 is 4.79 Å². The lowest BCUT2D eigenvalue weighted by Gasteiger charge is -2.36. The minimum Gasteiger partial charge on any atom is -0.367 e. The molecule has 6 nitrogen and oxygen atoms in total. The number of rotatable bonds is 6.